The van der Waals surface area contributed by atoms with Crippen LogP contribution in [0, 0.1) is 5.92 Å². The number of hydrogen-bond acceptors (Lipinski definition) is 1. The van der Waals surface area contributed by atoms with Gasteiger partial charge in [-0.05, 0) is 19.3 Å². The smallest absolute Gasteiger partial charge is 0.265 e. The molecule has 1 heterocycles. The number of unbranched alkanes of at least 4 members (excludes halogenated alkanes) is 7. The SMILES string of the molecule is CCCCCCCCC[n+]1ccn([C@H](C(=O)NCCCC)C(C)C)c1. The van der Waals surface area contributed by atoms with Gasteiger partial charge in [0, 0.05) is 12.5 Å². The number of imidazole rings is 1. The number of carbonyl (C=O) groups is 1. The zero-order valence-electron chi connectivity index (χ0n) is 17.0. The lowest BCUT2D eigenvalue weighted by Crippen LogP contribution is -2.37. The van der Waals surface area contributed by atoms with Crippen LogP contribution in [0.3, 0.4) is 0 Å². The van der Waals surface area contributed by atoms with Crippen LogP contribution >= 0.6 is 0 Å². The fraction of sp³-hybridized carbons (Fsp3) is 0.810. The molecule has 0 saturated carbocycles. The lowest BCUT2D eigenvalue weighted by Gasteiger charge is -2.17. The summed E-state index contributed by atoms with van der Waals surface area (Å²) >= 11 is 0. The maximum absolute atomic E-state index is 12.5. The first-order valence-corrected chi connectivity index (χ1v) is 10.4. The summed E-state index contributed by atoms with van der Waals surface area (Å²) in [6.45, 7) is 10.5. The summed E-state index contributed by atoms with van der Waals surface area (Å²) in [6, 6.07) is -0.118. The molecule has 0 saturated heterocycles. The van der Waals surface area contributed by atoms with Crippen LogP contribution in [0.5, 0.6) is 0 Å². The zero-order chi connectivity index (χ0) is 18.5. The molecule has 4 nitrogen and oxygen atoms in total. The predicted octanol–water partition coefficient (Wildman–Crippen LogP) is 4.64. The predicted molar refractivity (Wildman–Crippen MR) is 104 cm³/mol. The van der Waals surface area contributed by atoms with Gasteiger partial charge >= 0.3 is 0 Å². The molecule has 1 aromatic heterocycles. The van der Waals surface area contributed by atoms with E-state index in [4.69, 9.17) is 0 Å². The quantitative estimate of drug-likeness (QED) is 0.385. The highest BCUT2D eigenvalue weighted by Crippen LogP contribution is 2.17. The summed E-state index contributed by atoms with van der Waals surface area (Å²) in [4.78, 5) is 12.5. The number of nitrogens with zero attached hydrogens (tertiary/aromatic N) is 2. The van der Waals surface area contributed by atoms with Gasteiger partial charge < -0.3 is 5.32 Å². The van der Waals surface area contributed by atoms with Crippen molar-refractivity contribution in [3.05, 3.63) is 18.7 Å². The fourth-order valence-corrected chi connectivity index (χ4v) is 3.23. The minimum absolute atomic E-state index is 0.118. The van der Waals surface area contributed by atoms with Crippen LogP contribution in [0.15, 0.2) is 18.7 Å². The Bertz CT molecular complexity index is 467. The van der Waals surface area contributed by atoms with Gasteiger partial charge in [0.2, 0.25) is 6.33 Å². The molecule has 1 N–H and O–H groups in total. The number of rotatable bonds is 14. The third-order valence-corrected chi connectivity index (χ3v) is 4.78. The maximum Gasteiger partial charge on any atom is 0.265 e. The maximum atomic E-state index is 12.5. The largest absolute Gasteiger partial charge is 0.352 e. The summed E-state index contributed by atoms with van der Waals surface area (Å²) in [5.74, 6) is 0.420. The van der Waals surface area contributed by atoms with E-state index in [1.807, 2.05) is 6.20 Å². The van der Waals surface area contributed by atoms with Crippen LogP contribution in [-0.2, 0) is 11.3 Å². The average Bonchev–Trinajstić information content (AvgIpc) is 3.02. The molecule has 0 fully saturated rings. The molecule has 0 aliphatic carbocycles. The topological polar surface area (TPSA) is 37.9 Å². The summed E-state index contributed by atoms with van der Waals surface area (Å²) < 4.78 is 4.30. The average molecular weight is 351 g/mol. The highest BCUT2D eigenvalue weighted by atomic mass is 16.2. The first kappa shape index (κ1) is 21.7. The van der Waals surface area contributed by atoms with E-state index in [2.05, 4.69) is 54.7 Å². The standard InChI is InChI=1S/C21H39N3O/c1-5-7-9-10-11-12-13-15-23-16-17-24(18-23)20(19(3)4)21(25)22-14-8-6-2/h16-20H,5-15H2,1-4H3/p+1/t20-/m0/s1. The lowest BCUT2D eigenvalue weighted by molar-refractivity contribution is -0.697. The van der Waals surface area contributed by atoms with Crippen molar-refractivity contribution >= 4 is 5.91 Å². The zero-order valence-corrected chi connectivity index (χ0v) is 17.0. The molecular formula is C21H40N3O+. The molecular weight excluding hydrogens is 310 g/mol. The molecule has 1 aromatic rings. The third-order valence-electron chi connectivity index (χ3n) is 4.78. The highest BCUT2D eigenvalue weighted by molar-refractivity contribution is 5.80. The van der Waals surface area contributed by atoms with Gasteiger partial charge in [-0.25, -0.2) is 9.13 Å². The second-order valence-corrected chi connectivity index (χ2v) is 7.55. The molecule has 4 heteroatoms. The highest BCUT2D eigenvalue weighted by Gasteiger charge is 2.28. The minimum Gasteiger partial charge on any atom is -0.352 e. The van der Waals surface area contributed by atoms with Gasteiger partial charge in [-0.2, -0.15) is 0 Å². The molecule has 0 aromatic carbocycles. The molecule has 144 valence electrons. The van der Waals surface area contributed by atoms with Crippen molar-refractivity contribution in [1.82, 2.24) is 9.88 Å². The Balaban J connectivity index is 2.43. The van der Waals surface area contributed by atoms with Crippen molar-refractivity contribution in [3.8, 4) is 0 Å². The van der Waals surface area contributed by atoms with Gasteiger partial charge in [-0.1, -0.05) is 66.2 Å². The number of carbonyl (C=O) groups excluding carboxylic acids is 1. The van der Waals surface area contributed by atoms with E-state index < -0.39 is 0 Å². The van der Waals surface area contributed by atoms with Gasteiger partial charge in [0.25, 0.3) is 5.91 Å². The van der Waals surface area contributed by atoms with Gasteiger partial charge in [0.1, 0.15) is 12.4 Å². The second kappa shape index (κ2) is 13.0. The Labute approximate surface area is 155 Å². The molecule has 0 bridgehead atoms. The van der Waals surface area contributed by atoms with Crippen molar-refractivity contribution in [2.45, 2.75) is 98.1 Å². The van der Waals surface area contributed by atoms with E-state index in [9.17, 15) is 4.79 Å². The molecule has 1 atom stereocenters. The van der Waals surface area contributed by atoms with Crippen molar-refractivity contribution in [2.75, 3.05) is 6.54 Å². The molecule has 1 rings (SSSR count). The summed E-state index contributed by atoms with van der Waals surface area (Å²) in [7, 11) is 0. The van der Waals surface area contributed by atoms with Gasteiger partial charge in [-0.3, -0.25) is 4.79 Å². The minimum atomic E-state index is -0.118. The number of amides is 1. The Hall–Kier alpha value is -1.32. The van der Waals surface area contributed by atoms with Crippen LogP contribution in [0.25, 0.3) is 0 Å². The van der Waals surface area contributed by atoms with Crippen LogP contribution < -0.4 is 9.88 Å². The van der Waals surface area contributed by atoms with Gasteiger partial charge in [0.15, 0.2) is 6.04 Å². The molecule has 0 spiro atoms. The van der Waals surface area contributed by atoms with Crippen molar-refractivity contribution in [2.24, 2.45) is 5.92 Å². The second-order valence-electron chi connectivity index (χ2n) is 7.55. The molecule has 25 heavy (non-hydrogen) atoms. The summed E-state index contributed by atoms with van der Waals surface area (Å²) in [5, 5.41) is 3.08. The van der Waals surface area contributed by atoms with Crippen LogP contribution in [0.4, 0.5) is 0 Å². The molecule has 0 aliphatic heterocycles. The van der Waals surface area contributed by atoms with Crippen molar-refractivity contribution in [1.29, 1.82) is 0 Å². The van der Waals surface area contributed by atoms with E-state index >= 15 is 0 Å². The lowest BCUT2D eigenvalue weighted by atomic mass is 10.0. The van der Waals surface area contributed by atoms with E-state index in [0.29, 0.717) is 0 Å². The monoisotopic (exact) mass is 350 g/mol. The van der Waals surface area contributed by atoms with E-state index in [-0.39, 0.29) is 17.9 Å². The first-order valence-electron chi connectivity index (χ1n) is 10.4. The number of hydrogen-bond donors (Lipinski definition) is 1. The van der Waals surface area contributed by atoms with Gasteiger partial charge in [0.05, 0.1) is 6.54 Å². The van der Waals surface area contributed by atoms with Crippen molar-refractivity contribution < 1.29 is 9.36 Å². The van der Waals surface area contributed by atoms with Crippen molar-refractivity contribution in [3.63, 3.8) is 0 Å². The number of aromatic nitrogens is 2. The first-order chi connectivity index (χ1) is 12.1. The Morgan fingerprint density at radius 1 is 1.00 bits per heavy atom. The van der Waals surface area contributed by atoms with E-state index in [1.54, 1.807) is 0 Å². The summed E-state index contributed by atoms with van der Waals surface area (Å²) in [5.41, 5.74) is 0. The van der Waals surface area contributed by atoms with Crippen LogP contribution in [0.1, 0.15) is 91.5 Å². The molecule has 1 amide bonds. The van der Waals surface area contributed by atoms with Crippen LogP contribution in [0.2, 0.25) is 0 Å². The fourth-order valence-electron chi connectivity index (χ4n) is 3.23. The molecule has 0 radical (unpaired) electrons. The number of nitrogens with one attached hydrogen (secondary N) is 1. The van der Waals surface area contributed by atoms with Crippen LogP contribution in [-0.4, -0.2) is 17.0 Å². The van der Waals surface area contributed by atoms with E-state index in [0.717, 1.165) is 25.9 Å². The molecule has 0 unspecified atom stereocenters. The third kappa shape index (κ3) is 8.55. The number of aryl methyl sites for hydroxylation is 1. The normalized spacial score (nSPS) is 12.5. The molecule has 0 aliphatic rings. The van der Waals surface area contributed by atoms with Gasteiger partial charge in [-0.15, -0.1) is 0 Å². The Morgan fingerprint density at radius 3 is 2.28 bits per heavy atom. The Kier molecular flexibility index (Phi) is 11.3. The van der Waals surface area contributed by atoms with E-state index in [1.165, 1.54) is 44.9 Å². The summed E-state index contributed by atoms with van der Waals surface area (Å²) in [6.07, 6.45) is 17.7. The Morgan fingerprint density at radius 2 is 1.64 bits per heavy atom.